The molecule has 0 saturated carbocycles. The van der Waals surface area contributed by atoms with Crippen LogP contribution in [0.2, 0.25) is 0 Å². The second-order valence-corrected chi connectivity index (χ2v) is 6.11. The van der Waals surface area contributed by atoms with Crippen LogP contribution in [0.15, 0.2) is 24.3 Å². The Morgan fingerprint density at radius 1 is 1.24 bits per heavy atom. The molecule has 0 aliphatic heterocycles. The van der Waals surface area contributed by atoms with Gasteiger partial charge in [-0.25, -0.2) is 17.2 Å². The minimum atomic E-state index is -2.96. The quantitative estimate of drug-likeness (QED) is 0.795. The predicted octanol–water partition coefficient (Wildman–Crippen LogP) is 1.76. The van der Waals surface area contributed by atoms with Gasteiger partial charge in [-0.3, -0.25) is 0 Å². The molecule has 6 heteroatoms. The molecule has 0 aliphatic rings. The maximum absolute atomic E-state index is 12.3. The third kappa shape index (κ3) is 5.74. The molecule has 1 N–H and O–H groups in total. The van der Waals surface area contributed by atoms with Crippen LogP contribution in [-0.4, -0.2) is 27.0 Å². The Labute approximate surface area is 99.8 Å². The maximum atomic E-state index is 12.3. The molecule has 96 valence electrons. The number of benzene rings is 1. The highest BCUT2D eigenvalue weighted by molar-refractivity contribution is 7.90. The summed E-state index contributed by atoms with van der Waals surface area (Å²) in [6.45, 7) is 0.828. The van der Waals surface area contributed by atoms with Gasteiger partial charge in [0, 0.05) is 24.9 Å². The molecule has 0 bridgehead atoms. The molecule has 3 nitrogen and oxygen atoms in total. The van der Waals surface area contributed by atoms with Crippen molar-refractivity contribution < 1.29 is 17.2 Å². The lowest BCUT2D eigenvalue weighted by Crippen LogP contribution is -2.21. The molecule has 17 heavy (non-hydrogen) atoms. The largest absolute Gasteiger partial charge is 0.312 e. The SMILES string of the molecule is CS(=O)(=O)CCNCc1ccc(C(F)F)cc1. The van der Waals surface area contributed by atoms with Crippen LogP contribution < -0.4 is 5.32 Å². The van der Waals surface area contributed by atoms with E-state index in [2.05, 4.69) is 5.32 Å². The van der Waals surface area contributed by atoms with Gasteiger partial charge >= 0.3 is 0 Å². The molecule has 0 aliphatic carbocycles. The number of rotatable bonds is 6. The Morgan fingerprint density at radius 3 is 2.29 bits per heavy atom. The Hall–Kier alpha value is -1.01. The minimum Gasteiger partial charge on any atom is -0.312 e. The second kappa shape index (κ2) is 6.07. The van der Waals surface area contributed by atoms with E-state index in [1.807, 2.05) is 0 Å². The first kappa shape index (κ1) is 14.1. The fourth-order valence-corrected chi connectivity index (χ4v) is 1.79. The van der Waals surface area contributed by atoms with Gasteiger partial charge in [0.05, 0.1) is 5.75 Å². The zero-order chi connectivity index (χ0) is 12.9. The summed E-state index contributed by atoms with van der Waals surface area (Å²) in [5, 5.41) is 2.94. The van der Waals surface area contributed by atoms with Crippen molar-refractivity contribution >= 4 is 9.84 Å². The van der Waals surface area contributed by atoms with Gasteiger partial charge in [-0.15, -0.1) is 0 Å². The number of alkyl halides is 2. The van der Waals surface area contributed by atoms with Crippen LogP contribution in [0.4, 0.5) is 8.78 Å². The fourth-order valence-electron chi connectivity index (χ4n) is 1.27. The second-order valence-electron chi connectivity index (χ2n) is 3.85. The van der Waals surface area contributed by atoms with E-state index >= 15 is 0 Å². The van der Waals surface area contributed by atoms with Gasteiger partial charge < -0.3 is 5.32 Å². The van der Waals surface area contributed by atoms with E-state index in [4.69, 9.17) is 0 Å². The summed E-state index contributed by atoms with van der Waals surface area (Å²) in [6.07, 6.45) is -1.28. The Morgan fingerprint density at radius 2 is 1.82 bits per heavy atom. The van der Waals surface area contributed by atoms with Crippen molar-refractivity contribution in [2.24, 2.45) is 0 Å². The van der Waals surface area contributed by atoms with Crippen molar-refractivity contribution in [1.82, 2.24) is 5.32 Å². The fraction of sp³-hybridized carbons (Fsp3) is 0.455. The minimum absolute atomic E-state index is 0.00936. The Kier molecular flexibility index (Phi) is 5.02. The van der Waals surface area contributed by atoms with Crippen molar-refractivity contribution in [3.8, 4) is 0 Å². The predicted molar refractivity (Wildman–Crippen MR) is 62.8 cm³/mol. The summed E-state index contributed by atoms with van der Waals surface area (Å²) in [7, 11) is -2.96. The number of nitrogens with one attached hydrogen (secondary N) is 1. The highest BCUT2D eigenvalue weighted by atomic mass is 32.2. The summed E-state index contributed by atoms with van der Waals surface area (Å²) in [5.41, 5.74) is 0.841. The highest BCUT2D eigenvalue weighted by Crippen LogP contribution is 2.18. The van der Waals surface area contributed by atoms with E-state index in [9.17, 15) is 17.2 Å². The number of hydrogen-bond donors (Lipinski definition) is 1. The molecule has 0 heterocycles. The molecule has 0 unspecified atom stereocenters. The molecule has 0 fully saturated rings. The average molecular weight is 263 g/mol. The molecule has 1 aromatic rings. The lowest BCUT2D eigenvalue weighted by molar-refractivity contribution is 0.151. The van der Waals surface area contributed by atoms with E-state index in [0.717, 1.165) is 5.56 Å². The summed E-state index contributed by atoms with van der Waals surface area (Å²) in [6, 6.07) is 5.96. The van der Waals surface area contributed by atoms with E-state index in [1.165, 1.54) is 18.4 Å². The Balaban J connectivity index is 2.37. The molecular weight excluding hydrogens is 248 g/mol. The maximum Gasteiger partial charge on any atom is 0.263 e. The Bertz CT molecular complexity index is 443. The monoisotopic (exact) mass is 263 g/mol. The lowest BCUT2D eigenvalue weighted by atomic mass is 10.1. The summed E-state index contributed by atoms with van der Waals surface area (Å²) in [4.78, 5) is 0. The van der Waals surface area contributed by atoms with Crippen LogP contribution in [0.25, 0.3) is 0 Å². The van der Waals surface area contributed by atoms with Gasteiger partial charge in [0.2, 0.25) is 0 Å². The van der Waals surface area contributed by atoms with E-state index in [-0.39, 0.29) is 11.3 Å². The summed E-state index contributed by atoms with van der Waals surface area (Å²) < 4.78 is 46.2. The van der Waals surface area contributed by atoms with Gasteiger partial charge in [0.15, 0.2) is 0 Å². The van der Waals surface area contributed by atoms with Gasteiger partial charge in [-0.05, 0) is 5.56 Å². The topological polar surface area (TPSA) is 46.2 Å². The zero-order valence-electron chi connectivity index (χ0n) is 9.49. The first-order valence-electron chi connectivity index (χ1n) is 5.14. The first-order chi connectivity index (χ1) is 7.88. The van der Waals surface area contributed by atoms with Gasteiger partial charge in [0.1, 0.15) is 9.84 Å². The van der Waals surface area contributed by atoms with Crippen molar-refractivity contribution in [2.45, 2.75) is 13.0 Å². The zero-order valence-corrected chi connectivity index (χ0v) is 10.3. The standard InChI is InChI=1S/C11H15F2NO2S/c1-17(15,16)7-6-14-8-9-2-4-10(5-3-9)11(12)13/h2-5,11,14H,6-8H2,1H3. The number of hydrogen-bond acceptors (Lipinski definition) is 3. The average Bonchev–Trinajstić information content (AvgIpc) is 2.24. The smallest absolute Gasteiger partial charge is 0.263 e. The summed E-state index contributed by atoms with van der Waals surface area (Å²) in [5.74, 6) is 0.0715. The van der Waals surface area contributed by atoms with Crippen LogP contribution in [0.3, 0.4) is 0 Å². The molecule has 1 rings (SSSR count). The van der Waals surface area contributed by atoms with Gasteiger partial charge in [0.25, 0.3) is 6.43 Å². The number of halogens is 2. The van der Waals surface area contributed by atoms with Crippen LogP contribution in [0, 0.1) is 0 Å². The molecule has 0 amide bonds. The molecule has 1 aromatic carbocycles. The third-order valence-electron chi connectivity index (χ3n) is 2.21. The summed E-state index contributed by atoms with van der Waals surface area (Å²) >= 11 is 0. The van der Waals surface area contributed by atoms with Gasteiger partial charge in [-0.2, -0.15) is 0 Å². The molecule has 0 aromatic heterocycles. The van der Waals surface area contributed by atoms with E-state index < -0.39 is 16.3 Å². The van der Waals surface area contributed by atoms with Crippen LogP contribution in [0.1, 0.15) is 17.6 Å². The van der Waals surface area contributed by atoms with Crippen LogP contribution in [0.5, 0.6) is 0 Å². The molecule has 0 radical (unpaired) electrons. The lowest BCUT2D eigenvalue weighted by Gasteiger charge is -2.05. The van der Waals surface area contributed by atoms with Crippen molar-refractivity contribution in [2.75, 3.05) is 18.6 Å². The van der Waals surface area contributed by atoms with E-state index in [1.54, 1.807) is 12.1 Å². The third-order valence-corrected chi connectivity index (χ3v) is 3.16. The highest BCUT2D eigenvalue weighted by Gasteiger charge is 2.05. The van der Waals surface area contributed by atoms with Gasteiger partial charge in [-0.1, -0.05) is 24.3 Å². The molecular formula is C11H15F2NO2S. The normalized spacial score (nSPS) is 12.0. The number of sulfone groups is 1. The van der Waals surface area contributed by atoms with Crippen LogP contribution in [-0.2, 0) is 16.4 Å². The first-order valence-corrected chi connectivity index (χ1v) is 7.20. The molecule has 0 spiro atoms. The van der Waals surface area contributed by atoms with Crippen molar-refractivity contribution in [3.63, 3.8) is 0 Å². The van der Waals surface area contributed by atoms with Crippen molar-refractivity contribution in [3.05, 3.63) is 35.4 Å². The van der Waals surface area contributed by atoms with Crippen LogP contribution >= 0.6 is 0 Å². The molecule has 0 saturated heterocycles. The molecule has 0 atom stereocenters. The van der Waals surface area contributed by atoms with Crippen molar-refractivity contribution in [1.29, 1.82) is 0 Å². The van der Waals surface area contributed by atoms with E-state index in [0.29, 0.717) is 13.1 Å².